The summed E-state index contributed by atoms with van der Waals surface area (Å²) >= 11 is 0. The molecule has 2 atom stereocenters. The van der Waals surface area contributed by atoms with E-state index in [2.05, 4.69) is 24.3 Å². The summed E-state index contributed by atoms with van der Waals surface area (Å²) in [6.07, 6.45) is 0.382. The number of rotatable bonds is 1. The number of carbonyl (C=O) groups is 1. The third-order valence-corrected chi connectivity index (χ3v) is 3.53. The quantitative estimate of drug-likeness (QED) is 0.802. The maximum absolute atomic E-state index is 11.8. The van der Waals surface area contributed by atoms with Crippen molar-refractivity contribution in [2.75, 3.05) is 13.6 Å². The summed E-state index contributed by atoms with van der Waals surface area (Å²) in [5.74, 6) is -0.0684. The van der Waals surface area contributed by atoms with Crippen LogP contribution in [-0.2, 0) is 4.79 Å². The fourth-order valence-corrected chi connectivity index (χ4v) is 2.40. The minimum atomic E-state index is -1.20. The third-order valence-electron chi connectivity index (χ3n) is 3.53. The first-order chi connectivity index (χ1) is 7.90. The van der Waals surface area contributed by atoms with Crippen molar-refractivity contribution < 1.29 is 9.90 Å². The summed E-state index contributed by atoms with van der Waals surface area (Å²) in [7, 11) is 1.95. The fraction of sp³-hybridized carbons (Fsp3) is 0.500. The highest BCUT2D eigenvalue weighted by Gasteiger charge is 2.40. The maximum atomic E-state index is 11.8. The number of aliphatic hydroxyl groups is 1. The second kappa shape index (κ2) is 4.24. The molecule has 1 aliphatic heterocycles. The summed E-state index contributed by atoms with van der Waals surface area (Å²) in [5, 5.41) is 9.93. The average molecular weight is 233 g/mol. The smallest absolute Gasteiger partial charge is 0.167 e. The first kappa shape index (κ1) is 12.3. The van der Waals surface area contributed by atoms with E-state index in [0.717, 1.165) is 5.56 Å². The van der Waals surface area contributed by atoms with E-state index >= 15 is 0 Å². The van der Waals surface area contributed by atoms with Crippen LogP contribution in [0.15, 0.2) is 24.3 Å². The van der Waals surface area contributed by atoms with Crippen molar-refractivity contribution in [2.45, 2.75) is 31.9 Å². The van der Waals surface area contributed by atoms with Gasteiger partial charge in [0.05, 0.1) is 0 Å². The van der Waals surface area contributed by atoms with Crippen molar-refractivity contribution in [3.63, 3.8) is 0 Å². The monoisotopic (exact) mass is 233 g/mol. The van der Waals surface area contributed by atoms with Crippen LogP contribution in [0.4, 0.5) is 0 Å². The molecule has 0 saturated carbocycles. The lowest BCUT2D eigenvalue weighted by molar-refractivity contribution is -0.144. The zero-order chi connectivity index (χ0) is 12.6. The van der Waals surface area contributed by atoms with E-state index in [0.29, 0.717) is 13.0 Å². The zero-order valence-electron chi connectivity index (χ0n) is 10.6. The van der Waals surface area contributed by atoms with Gasteiger partial charge in [0.25, 0.3) is 0 Å². The van der Waals surface area contributed by atoms with E-state index in [1.54, 1.807) is 6.92 Å². The standard InChI is InChI=1S/C14H19NO2/c1-10-4-6-11(7-5-10)12-8-13(16)14(2,17)9-15(12)3/h4-7,12,17H,8-9H2,1-3H3/t12-,14+/m0/s1. The normalized spacial score (nSPS) is 30.6. The lowest BCUT2D eigenvalue weighted by atomic mass is 9.86. The van der Waals surface area contributed by atoms with Crippen molar-refractivity contribution in [3.8, 4) is 0 Å². The molecular weight excluding hydrogens is 214 g/mol. The second-order valence-corrected chi connectivity index (χ2v) is 5.24. The van der Waals surface area contributed by atoms with Crippen molar-refractivity contribution >= 4 is 5.78 Å². The Morgan fingerprint density at radius 3 is 2.53 bits per heavy atom. The number of Topliss-reactive ketones (excluding diaryl/α,β-unsaturated/α-hetero) is 1. The number of aryl methyl sites for hydroxylation is 1. The SMILES string of the molecule is Cc1ccc([C@@H]2CC(=O)[C@](C)(O)CN2C)cc1. The highest BCUT2D eigenvalue weighted by Crippen LogP contribution is 2.31. The molecule has 1 aromatic carbocycles. The average Bonchev–Trinajstić information content (AvgIpc) is 2.24. The van der Waals surface area contributed by atoms with Crippen LogP contribution in [0.5, 0.6) is 0 Å². The molecule has 0 amide bonds. The summed E-state index contributed by atoms with van der Waals surface area (Å²) in [6, 6.07) is 8.32. The van der Waals surface area contributed by atoms with Crippen LogP contribution < -0.4 is 0 Å². The minimum Gasteiger partial charge on any atom is -0.381 e. The van der Waals surface area contributed by atoms with Crippen LogP contribution in [0.2, 0.25) is 0 Å². The topological polar surface area (TPSA) is 40.5 Å². The van der Waals surface area contributed by atoms with Gasteiger partial charge in [-0.1, -0.05) is 29.8 Å². The molecule has 0 spiro atoms. The van der Waals surface area contributed by atoms with E-state index in [4.69, 9.17) is 0 Å². The second-order valence-electron chi connectivity index (χ2n) is 5.24. The Hall–Kier alpha value is -1.19. The lowest BCUT2D eigenvalue weighted by Gasteiger charge is -2.39. The summed E-state index contributed by atoms with van der Waals surface area (Å²) in [4.78, 5) is 13.9. The van der Waals surface area contributed by atoms with Gasteiger partial charge in [-0.25, -0.2) is 0 Å². The first-order valence-electron chi connectivity index (χ1n) is 5.92. The number of nitrogens with zero attached hydrogens (tertiary/aromatic N) is 1. The molecule has 1 heterocycles. The molecule has 17 heavy (non-hydrogen) atoms. The van der Waals surface area contributed by atoms with Crippen molar-refractivity contribution in [3.05, 3.63) is 35.4 Å². The molecule has 1 fully saturated rings. The lowest BCUT2D eigenvalue weighted by Crippen LogP contribution is -2.52. The molecule has 1 saturated heterocycles. The van der Waals surface area contributed by atoms with E-state index < -0.39 is 5.60 Å². The predicted octanol–water partition coefficient (Wildman–Crippen LogP) is 1.69. The molecule has 0 radical (unpaired) electrons. The number of benzene rings is 1. The van der Waals surface area contributed by atoms with Gasteiger partial charge in [-0.15, -0.1) is 0 Å². The molecule has 0 aromatic heterocycles. The summed E-state index contributed by atoms with van der Waals surface area (Å²) < 4.78 is 0. The number of ketones is 1. The van der Waals surface area contributed by atoms with E-state index in [1.807, 2.05) is 18.9 Å². The molecule has 3 heteroatoms. The molecular formula is C14H19NO2. The molecule has 1 aromatic rings. The van der Waals surface area contributed by atoms with Gasteiger partial charge in [0, 0.05) is 19.0 Å². The van der Waals surface area contributed by atoms with Crippen molar-refractivity contribution in [2.24, 2.45) is 0 Å². The fourth-order valence-electron chi connectivity index (χ4n) is 2.40. The van der Waals surface area contributed by atoms with E-state index in [-0.39, 0.29) is 11.8 Å². The highest BCUT2D eigenvalue weighted by atomic mass is 16.3. The molecule has 3 nitrogen and oxygen atoms in total. The minimum absolute atomic E-state index is 0.0684. The Labute approximate surface area is 102 Å². The van der Waals surface area contributed by atoms with Gasteiger partial charge in [0.2, 0.25) is 0 Å². The van der Waals surface area contributed by atoms with Crippen molar-refractivity contribution in [1.82, 2.24) is 4.90 Å². The largest absolute Gasteiger partial charge is 0.381 e. The molecule has 1 N–H and O–H groups in total. The Morgan fingerprint density at radius 1 is 1.35 bits per heavy atom. The Morgan fingerprint density at radius 2 is 1.94 bits per heavy atom. The van der Waals surface area contributed by atoms with Crippen LogP contribution in [0.1, 0.15) is 30.5 Å². The van der Waals surface area contributed by atoms with Gasteiger partial charge in [-0.3, -0.25) is 9.69 Å². The summed E-state index contributed by atoms with van der Waals surface area (Å²) in [6.45, 7) is 4.03. The molecule has 92 valence electrons. The van der Waals surface area contributed by atoms with Crippen LogP contribution in [0, 0.1) is 6.92 Å². The van der Waals surface area contributed by atoms with E-state index in [1.165, 1.54) is 5.56 Å². The number of hydrogen-bond donors (Lipinski definition) is 1. The first-order valence-corrected chi connectivity index (χ1v) is 5.92. The Balaban J connectivity index is 2.23. The van der Waals surface area contributed by atoms with Crippen LogP contribution >= 0.6 is 0 Å². The van der Waals surface area contributed by atoms with Crippen LogP contribution in [-0.4, -0.2) is 35.0 Å². The van der Waals surface area contributed by atoms with Gasteiger partial charge in [-0.2, -0.15) is 0 Å². The van der Waals surface area contributed by atoms with Gasteiger partial charge in [0.1, 0.15) is 5.60 Å². The highest BCUT2D eigenvalue weighted by molar-refractivity contribution is 5.88. The van der Waals surface area contributed by atoms with Gasteiger partial charge in [-0.05, 0) is 26.5 Å². The number of hydrogen-bond acceptors (Lipinski definition) is 3. The molecule has 2 rings (SSSR count). The predicted molar refractivity (Wildman–Crippen MR) is 66.8 cm³/mol. The number of piperidine rings is 1. The molecule has 0 unspecified atom stereocenters. The summed E-state index contributed by atoms with van der Waals surface area (Å²) in [5.41, 5.74) is 1.16. The van der Waals surface area contributed by atoms with Gasteiger partial charge >= 0.3 is 0 Å². The molecule has 1 aliphatic rings. The Bertz CT molecular complexity index is 422. The van der Waals surface area contributed by atoms with Gasteiger partial charge in [0.15, 0.2) is 5.78 Å². The number of likely N-dealkylation sites (N-methyl/N-ethyl adjacent to an activating group) is 1. The number of carbonyl (C=O) groups excluding carboxylic acids is 1. The zero-order valence-corrected chi connectivity index (χ0v) is 10.6. The molecule has 0 bridgehead atoms. The third kappa shape index (κ3) is 2.40. The maximum Gasteiger partial charge on any atom is 0.167 e. The number of likely N-dealkylation sites (tertiary alicyclic amines) is 1. The van der Waals surface area contributed by atoms with Crippen molar-refractivity contribution in [1.29, 1.82) is 0 Å². The number of β-amino-alcohol motifs (C(OH)–C–C–N with tert-alkyl or cyclic N) is 1. The molecule has 0 aliphatic carbocycles. The van der Waals surface area contributed by atoms with Crippen LogP contribution in [0.25, 0.3) is 0 Å². The van der Waals surface area contributed by atoms with Gasteiger partial charge < -0.3 is 5.11 Å². The van der Waals surface area contributed by atoms with Crippen LogP contribution in [0.3, 0.4) is 0 Å². The van der Waals surface area contributed by atoms with E-state index in [9.17, 15) is 9.90 Å². The Kier molecular flexibility index (Phi) is 3.06.